The number of hydrogen-bond acceptors (Lipinski definition) is 4. The number of halogens is 3. The van der Waals surface area contributed by atoms with E-state index in [1.807, 2.05) is 12.1 Å². The molecule has 0 aliphatic heterocycles. The Kier molecular flexibility index (Phi) is 5.60. The number of aromatic nitrogens is 3. The second-order valence-electron chi connectivity index (χ2n) is 7.42. The molecule has 1 atom stereocenters. The van der Waals surface area contributed by atoms with Crippen molar-refractivity contribution in [2.24, 2.45) is 11.8 Å². The molecule has 5 nitrogen and oxygen atoms in total. The van der Waals surface area contributed by atoms with Gasteiger partial charge in [0.05, 0.1) is 5.69 Å². The molecular formula is C19H21ClF2N4OS. The van der Waals surface area contributed by atoms with Gasteiger partial charge in [-0.3, -0.25) is 14.7 Å². The number of carbonyl (C=O) groups excluding carboxylic acids is 1. The molecule has 2 aromatic heterocycles. The highest BCUT2D eigenvalue weighted by atomic mass is 35.5. The first kappa shape index (κ1) is 19.6. The van der Waals surface area contributed by atoms with Gasteiger partial charge in [-0.15, -0.1) is 0 Å². The number of anilines is 1. The van der Waals surface area contributed by atoms with Crippen LogP contribution in [0.3, 0.4) is 0 Å². The zero-order valence-corrected chi connectivity index (χ0v) is 16.8. The SMILES string of the molecule is O=C(CCSCC1CC1(F)F)N(CC1CC1)c1cc(-c2cccnc2)nn1Cl. The normalized spacial score (nSPS) is 20.2. The molecule has 1 unspecified atom stereocenters. The Morgan fingerprint density at radius 3 is 2.86 bits per heavy atom. The van der Waals surface area contributed by atoms with Gasteiger partial charge in [-0.05, 0) is 30.9 Å². The van der Waals surface area contributed by atoms with Crippen LogP contribution in [0.5, 0.6) is 0 Å². The summed E-state index contributed by atoms with van der Waals surface area (Å²) in [5.41, 5.74) is 1.47. The number of nitrogens with zero attached hydrogens (tertiary/aromatic N) is 4. The number of rotatable bonds is 9. The lowest BCUT2D eigenvalue weighted by Crippen LogP contribution is -2.34. The standard InChI is InChI=1S/C19H21ClF2N4OS/c20-26-17(8-16(24-26)14-2-1-6-23-10-14)25(11-13-3-4-13)18(27)5-7-28-12-15-9-19(15,21)22/h1-2,6,8,10,13,15H,3-5,7,9,11-12H2. The third-order valence-corrected chi connectivity index (χ3v) is 6.44. The van der Waals surface area contributed by atoms with Gasteiger partial charge in [0.15, 0.2) is 5.82 Å². The Hall–Kier alpha value is -1.67. The van der Waals surface area contributed by atoms with Gasteiger partial charge < -0.3 is 0 Å². The van der Waals surface area contributed by atoms with Crippen LogP contribution in [0.4, 0.5) is 14.6 Å². The Morgan fingerprint density at radius 1 is 1.43 bits per heavy atom. The Balaban J connectivity index is 1.41. The summed E-state index contributed by atoms with van der Waals surface area (Å²) in [5, 5.41) is 4.32. The number of carbonyl (C=O) groups is 1. The van der Waals surface area contributed by atoms with E-state index < -0.39 is 11.8 Å². The summed E-state index contributed by atoms with van der Waals surface area (Å²) in [6.45, 7) is 0.606. The summed E-state index contributed by atoms with van der Waals surface area (Å²) in [6, 6.07) is 5.49. The summed E-state index contributed by atoms with van der Waals surface area (Å²) in [6.07, 6.45) is 5.84. The number of amides is 1. The fourth-order valence-electron chi connectivity index (χ4n) is 3.04. The highest BCUT2D eigenvalue weighted by Gasteiger charge is 2.56. The van der Waals surface area contributed by atoms with Crippen LogP contribution in [0.15, 0.2) is 30.6 Å². The van der Waals surface area contributed by atoms with E-state index in [0.29, 0.717) is 41.9 Å². The molecule has 28 heavy (non-hydrogen) atoms. The van der Waals surface area contributed by atoms with Crippen LogP contribution in [0, 0.1) is 11.8 Å². The van der Waals surface area contributed by atoms with Gasteiger partial charge in [0.1, 0.15) is 0 Å². The quantitative estimate of drug-likeness (QED) is 0.555. The van der Waals surface area contributed by atoms with Crippen molar-refractivity contribution in [3.05, 3.63) is 30.6 Å². The van der Waals surface area contributed by atoms with Crippen molar-refractivity contribution in [2.75, 3.05) is 23.0 Å². The molecule has 150 valence electrons. The van der Waals surface area contributed by atoms with Gasteiger partial charge in [-0.25, -0.2) is 8.78 Å². The topological polar surface area (TPSA) is 51.0 Å². The van der Waals surface area contributed by atoms with E-state index in [9.17, 15) is 13.6 Å². The van der Waals surface area contributed by atoms with Crippen LogP contribution in [-0.2, 0) is 4.79 Å². The summed E-state index contributed by atoms with van der Waals surface area (Å²) in [4.78, 5) is 18.6. The maximum atomic E-state index is 13.0. The summed E-state index contributed by atoms with van der Waals surface area (Å²) in [7, 11) is 0. The van der Waals surface area contributed by atoms with Crippen molar-refractivity contribution < 1.29 is 13.6 Å². The first-order valence-electron chi connectivity index (χ1n) is 9.36. The molecule has 2 fully saturated rings. The lowest BCUT2D eigenvalue weighted by Gasteiger charge is -2.21. The zero-order chi connectivity index (χ0) is 19.7. The first-order valence-corrected chi connectivity index (χ1v) is 10.9. The molecule has 2 aromatic rings. The fourth-order valence-corrected chi connectivity index (χ4v) is 4.39. The molecule has 1 amide bonds. The highest BCUT2D eigenvalue weighted by Crippen LogP contribution is 2.50. The minimum atomic E-state index is -2.50. The van der Waals surface area contributed by atoms with Crippen LogP contribution in [0.1, 0.15) is 25.7 Å². The molecule has 2 aliphatic carbocycles. The zero-order valence-electron chi connectivity index (χ0n) is 15.2. The van der Waals surface area contributed by atoms with E-state index in [1.54, 1.807) is 23.4 Å². The highest BCUT2D eigenvalue weighted by molar-refractivity contribution is 7.99. The second-order valence-corrected chi connectivity index (χ2v) is 8.89. The maximum Gasteiger partial charge on any atom is 0.252 e. The predicted molar refractivity (Wildman–Crippen MR) is 107 cm³/mol. The predicted octanol–water partition coefficient (Wildman–Crippen LogP) is 4.47. The van der Waals surface area contributed by atoms with Crippen molar-refractivity contribution in [3.8, 4) is 11.3 Å². The number of hydrogen-bond donors (Lipinski definition) is 0. The van der Waals surface area contributed by atoms with Crippen LogP contribution < -0.4 is 4.90 Å². The lowest BCUT2D eigenvalue weighted by atomic mass is 10.2. The molecule has 2 aliphatic rings. The molecule has 0 saturated heterocycles. The van der Waals surface area contributed by atoms with Crippen molar-refractivity contribution >= 4 is 35.3 Å². The third kappa shape index (κ3) is 4.66. The van der Waals surface area contributed by atoms with Crippen LogP contribution in [-0.4, -0.2) is 44.2 Å². The van der Waals surface area contributed by atoms with Crippen molar-refractivity contribution in [1.82, 2.24) is 14.3 Å². The van der Waals surface area contributed by atoms with E-state index in [-0.39, 0.29) is 12.3 Å². The van der Waals surface area contributed by atoms with Crippen LogP contribution in [0.25, 0.3) is 11.3 Å². The molecule has 2 heterocycles. The maximum absolute atomic E-state index is 13.0. The smallest absolute Gasteiger partial charge is 0.252 e. The van der Waals surface area contributed by atoms with E-state index in [1.165, 1.54) is 16.0 Å². The van der Waals surface area contributed by atoms with Gasteiger partial charge in [0.2, 0.25) is 5.91 Å². The van der Waals surface area contributed by atoms with Crippen molar-refractivity contribution in [1.29, 1.82) is 0 Å². The van der Waals surface area contributed by atoms with E-state index in [2.05, 4.69) is 10.1 Å². The van der Waals surface area contributed by atoms with E-state index in [0.717, 1.165) is 18.4 Å². The summed E-state index contributed by atoms with van der Waals surface area (Å²) in [5.74, 6) is -1.13. The number of alkyl halides is 2. The Labute approximate surface area is 171 Å². The molecule has 4 rings (SSSR count). The van der Waals surface area contributed by atoms with E-state index >= 15 is 0 Å². The average molecular weight is 427 g/mol. The van der Waals surface area contributed by atoms with Gasteiger partial charge in [0.25, 0.3) is 5.92 Å². The minimum Gasteiger partial charge on any atom is -0.296 e. The van der Waals surface area contributed by atoms with Gasteiger partial charge in [-0.1, -0.05) is 0 Å². The van der Waals surface area contributed by atoms with Crippen LogP contribution in [0.2, 0.25) is 0 Å². The molecule has 0 spiro atoms. The first-order chi connectivity index (χ1) is 13.4. The Morgan fingerprint density at radius 2 is 2.21 bits per heavy atom. The molecule has 9 heteroatoms. The monoisotopic (exact) mass is 426 g/mol. The van der Waals surface area contributed by atoms with Crippen molar-refractivity contribution in [2.45, 2.75) is 31.6 Å². The summed E-state index contributed by atoms with van der Waals surface area (Å²) < 4.78 is 27.1. The lowest BCUT2D eigenvalue weighted by molar-refractivity contribution is -0.118. The minimum absolute atomic E-state index is 0.0235. The van der Waals surface area contributed by atoms with E-state index in [4.69, 9.17) is 11.8 Å². The Bertz CT molecular complexity index is 844. The molecule has 0 N–H and O–H groups in total. The average Bonchev–Trinajstić information content (AvgIpc) is 3.57. The fraction of sp³-hybridized carbons (Fsp3) is 0.526. The van der Waals surface area contributed by atoms with Gasteiger partial charge in [-0.2, -0.15) is 21.1 Å². The number of pyridine rings is 1. The van der Waals surface area contributed by atoms with Crippen molar-refractivity contribution in [3.63, 3.8) is 0 Å². The second kappa shape index (κ2) is 7.99. The molecule has 0 radical (unpaired) electrons. The molecule has 2 saturated carbocycles. The van der Waals surface area contributed by atoms with Crippen LogP contribution >= 0.6 is 23.5 Å². The van der Waals surface area contributed by atoms with Gasteiger partial charge in [0, 0.05) is 72.6 Å². The molecule has 0 bridgehead atoms. The number of thioether (sulfide) groups is 1. The molecular weight excluding hydrogens is 406 g/mol. The third-order valence-electron chi connectivity index (χ3n) is 5.06. The van der Waals surface area contributed by atoms with Gasteiger partial charge >= 0.3 is 0 Å². The summed E-state index contributed by atoms with van der Waals surface area (Å²) >= 11 is 7.70. The largest absolute Gasteiger partial charge is 0.296 e. The molecule has 0 aromatic carbocycles.